The van der Waals surface area contributed by atoms with E-state index in [-0.39, 0.29) is 5.91 Å². The van der Waals surface area contributed by atoms with E-state index in [1.807, 2.05) is 24.3 Å². The second-order valence-electron chi connectivity index (χ2n) is 7.01. The third-order valence-electron chi connectivity index (χ3n) is 4.98. The summed E-state index contributed by atoms with van der Waals surface area (Å²) in [5.74, 6) is 1.20. The van der Waals surface area contributed by atoms with Crippen molar-refractivity contribution in [3.05, 3.63) is 36.4 Å². The van der Waals surface area contributed by atoms with Gasteiger partial charge in [-0.3, -0.25) is 9.69 Å². The first-order valence-electron chi connectivity index (χ1n) is 9.30. The zero-order chi connectivity index (χ0) is 17.5. The minimum Gasteiger partial charge on any atom is -0.490 e. The molecule has 2 aliphatic rings. The lowest BCUT2D eigenvalue weighted by Crippen LogP contribution is -2.45. The molecule has 1 atom stereocenters. The van der Waals surface area contributed by atoms with Gasteiger partial charge in [0.1, 0.15) is 12.4 Å². The highest BCUT2D eigenvalue weighted by Crippen LogP contribution is 2.26. The van der Waals surface area contributed by atoms with Gasteiger partial charge in [0.15, 0.2) is 0 Å². The van der Waals surface area contributed by atoms with Crippen molar-refractivity contribution in [3.63, 3.8) is 0 Å². The Kier molecular flexibility index (Phi) is 6.48. The van der Waals surface area contributed by atoms with Crippen molar-refractivity contribution in [1.29, 1.82) is 0 Å². The third kappa shape index (κ3) is 5.58. The Labute approximate surface area is 150 Å². The summed E-state index contributed by atoms with van der Waals surface area (Å²) in [6, 6.07) is 7.71. The molecule has 0 radical (unpaired) electrons. The number of carbonyl (C=O) groups excluding carboxylic acids is 1. The molecule has 3 rings (SSSR count). The van der Waals surface area contributed by atoms with Crippen molar-refractivity contribution in [2.45, 2.75) is 19.3 Å². The molecule has 1 saturated heterocycles. The molecule has 5 heteroatoms. The fraction of sp³-hybridized carbons (Fsp3) is 0.550. The summed E-state index contributed by atoms with van der Waals surface area (Å²) >= 11 is 0. The van der Waals surface area contributed by atoms with Gasteiger partial charge >= 0.3 is 0 Å². The van der Waals surface area contributed by atoms with Crippen LogP contribution in [0.25, 0.3) is 0 Å². The maximum atomic E-state index is 12.3. The predicted octanol–water partition coefficient (Wildman–Crippen LogP) is 2.61. The van der Waals surface area contributed by atoms with Crippen LogP contribution in [0.15, 0.2) is 36.4 Å². The number of benzene rings is 1. The lowest BCUT2D eigenvalue weighted by atomic mass is 10.1. The van der Waals surface area contributed by atoms with Crippen LogP contribution in [0.2, 0.25) is 0 Å². The van der Waals surface area contributed by atoms with E-state index in [0.717, 1.165) is 57.0 Å². The van der Waals surface area contributed by atoms with Crippen molar-refractivity contribution in [3.8, 4) is 5.75 Å². The normalized spacial score (nSPS) is 21.4. The molecule has 1 unspecified atom stereocenters. The van der Waals surface area contributed by atoms with E-state index in [1.54, 1.807) is 0 Å². The molecule has 1 N–H and O–H groups in total. The number of piperazine rings is 1. The SMILES string of the molecule is CN1CCN(CCOc2ccccc2NC(=O)CC2C=CCC2)CC1. The fourth-order valence-corrected chi connectivity index (χ4v) is 3.36. The van der Waals surface area contributed by atoms with E-state index >= 15 is 0 Å². The number of allylic oxidation sites excluding steroid dienone is 2. The summed E-state index contributed by atoms with van der Waals surface area (Å²) in [5.41, 5.74) is 0.771. The summed E-state index contributed by atoms with van der Waals surface area (Å²) in [7, 11) is 2.16. The van der Waals surface area contributed by atoms with E-state index in [4.69, 9.17) is 4.74 Å². The number of likely N-dealkylation sites (N-methyl/N-ethyl adjacent to an activating group) is 1. The monoisotopic (exact) mass is 343 g/mol. The minimum atomic E-state index is 0.0617. The van der Waals surface area contributed by atoms with Gasteiger partial charge in [-0.25, -0.2) is 0 Å². The maximum Gasteiger partial charge on any atom is 0.225 e. The lowest BCUT2D eigenvalue weighted by Gasteiger charge is -2.32. The van der Waals surface area contributed by atoms with Gasteiger partial charge in [0.2, 0.25) is 5.91 Å². The number of hydrogen-bond acceptors (Lipinski definition) is 4. The minimum absolute atomic E-state index is 0.0617. The first kappa shape index (κ1) is 18.0. The average Bonchev–Trinajstić information content (AvgIpc) is 3.11. The number of rotatable bonds is 7. The summed E-state index contributed by atoms with van der Waals surface area (Å²) < 4.78 is 5.95. The molecule has 0 spiro atoms. The van der Waals surface area contributed by atoms with Crippen molar-refractivity contribution in [2.24, 2.45) is 5.92 Å². The summed E-state index contributed by atoms with van der Waals surface area (Å²) in [6.45, 7) is 5.97. The van der Waals surface area contributed by atoms with Crippen LogP contribution in [-0.2, 0) is 4.79 Å². The highest BCUT2D eigenvalue weighted by Gasteiger charge is 2.16. The van der Waals surface area contributed by atoms with Crippen molar-refractivity contribution < 1.29 is 9.53 Å². The predicted molar refractivity (Wildman–Crippen MR) is 101 cm³/mol. The van der Waals surface area contributed by atoms with Gasteiger partial charge in [0, 0.05) is 39.1 Å². The van der Waals surface area contributed by atoms with E-state index in [1.165, 1.54) is 0 Å². The van der Waals surface area contributed by atoms with Crippen LogP contribution in [0.5, 0.6) is 5.75 Å². The average molecular weight is 343 g/mol. The Morgan fingerprint density at radius 1 is 1.24 bits per heavy atom. The Bertz CT molecular complexity index is 594. The van der Waals surface area contributed by atoms with Crippen LogP contribution in [0, 0.1) is 5.92 Å². The molecule has 25 heavy (non-hydrogen) atoms. The number of nitrogens with zero attached hydrogens (tertiary/aromatic N) is 2. The van der Waals surface area contributed by atoms with Crippen LogP contribution in [0.1, 0.15) is 19.3 Å². The highest BCUT2D eigenvalue weighted by molar-refractivity contribution is 5.92. The largest absolute Gasteiger partial charge is 0.490 e. The van der Waals surface area contributed by atoms with Crippen LogP contribution in [-0.4, -0.2) is 62.1 Å². The Morgan fingerprint density at radius 2 is 2.04 bits per heavy atom. The van der Waals surface area contributed by atoms with Crippen LogP contribution < -0.4 is 10.1 Å². The van der Waals surface area contributed by atoms with Gasteiger partial charge in [-0.15, -0.1) is 0 Å². The molecular formula is C20H29N3O2. The van der Waals surface area contributed by atoms with E-state index in [2.05, 4.69) is 34.3 Å². The van der Waals surface area contributed by atoms with Gasteiger partial charge in [-0.2, -0.15) is 0 Å². The Balaban J connectivity index is 1.46. The van der Waals surface area contributed by atoms with E-state index in [0.29, 0.717) is 18.9 Å². The molecule has 0 bridgehead atoms. The first-order valence-corrected chi connectivity index (χ1v) is 9.30. The molecule has 136 valence electrons. The Morgan fingerprint density at radius 3 is 2.80 bits per heavy atom. The molecule has 1 aromatic carbocycles. The van der Waals surface area contributed by atoms with Crippen molar-refractivity contribution in [1.82, 2.24) is 9.80 Å². The molecular weight excluding hydrogens is 314 g/mol. The van der Waals surface area contributed by atoms with Crippen LogP contribution in [0.4, 0.5) is 5.69 Å². The van der Waals surface area contributed by atoms with Gasteiger partial charge < -0.3 is 15.0 Å². The number of amides is 1. The Hall–Kier alpha value is -1.85. The van der Waals surface area contributed by atoms with Gasteiger partial charge in [-0.1, -0.05) is 24.3 Å². The molecule has 1 fully saturated rings. The number of anilines is 1. The second-order valence-corrected chi connectivity index (χ2v) is 7.01. The molecule has 0 saturated carbocycles. The third-order valence-corrected chi connectivity index (χ3v) is 4.98. The lowest BCUT2D eigenvalue weighted by molar-refractivity contribution is -0.116. The molecule has 1 amide bonds. The number of carbonyl (C=O) groups is 1. The zero-order valence-corrected chi connectivity index (χ0v) is 15.1. The quantitative estimate of drug-likeness (QED) is 0.773. The van der Waals surface area contributed by atoms with Gasteiger partial charge in [0.25, 0.3) is 0 Å². The summed E-state index contributed by atoms with van der Waals surface area (Å²) in [6.07, 6.45) is 7.03. The molecule has 1 aliphatic carbocycles. The van der Waals surface area contributed by atoms with E-state index in [9.17, 15) is 4.79 Å². The summed E-state index contributed by atoms with van der Waals surface area (Å²) in [4.78, 5) is 17.0. The molecule has 1 heterocycles. The topological polar surface area (TPSA) is 44.8 Å². The van der Waals surface area contributed by atoms with E-state index < -0.39 is 0 Å². The maximum absolute atomic E-state index is 12.3. The smallest absolute Gasteiger partial charge is 0.225 e. The zero-order valence-electron chi connectivity index (χ0n) is 15.1. The molecule has 1 aliphatic heterocycles. The van der Waals surface area contributed by atoms with Crippen molar-refractivity contribution >= 4 is 11.6 Å². The highest BCUT2D eigenvalue weighted by atomic mass is 16.5. The standard InChI is InChI=1S/C20H29N3O2/c1-22-10-12-23(13-11-22)14-15-25-19-9-5-4-8-18(19)21-20(24)16-17-6-2-3-7-17/h2,4-6,8-9,17H,3,7,10-16H2,1H3,(H,21,24). The summed E-state index contributed by atoms with van der Waals surface area (Å²) in [5, 5.41) is 3.01. The van der Waals surface area contributed by atoms with Gasteiger partial charge in [-0.05, 0) is 37.9 Å². The number of ether oxygens (including phenoxy) is 1. The van der Waals surface area contributed by atoms with Crippen molar-refractivity contribution in [2.75, 3.05) is 51.7 Å². The molecule has 1 aromatic rings. The number of para-hydroxylation sites is 2. The number of hydrogen-bond donors (Lipinski definition) is 1. The van der Waals surface area contributed by atoms with Gasteiger partial charge in [0.05, 0.1) is 5.69 Å². The molecule has 5 nitrogen and oxygen atoms in total. The van der Waals surface area contributed by atoms with Crippen LogP contribution >= 0.6 is 0 Å². The fourth-order valence-electron chi connectivity index (χ4n) is 3.36. The first-order chi connectivity index (χ1) is 12.2. The molecule has 0 aromatic heterocycles. The second kappa shape index (κ2) is 9.02. The number of nitrogens with one attached hydrogen (secondary N) is 1. The van der Waals surface area contributed by atoms with Crippen LogP contribution in [0.3, 0.4) is 0 Å².